The molecule has 2 aromatic carbocycles. The fourth-order valence-electron chi connectivity index (χ4n) is 2.68. The molecule has 0 atom stereocenters. The highest BCUT2D eigenvalue weighted by molar-refractivity contribution is 6.33. The molecule has 0 bridgehead atoms. The molecule has 0 saturated heterocycles. The van der Waals surface area contributed by atoms with Gasteiger partial charge in [0.25, 0.3) is 5.91 Å². The third-order valence-electron chi connectivity index (χ3n) is 4.18. The van der Waals surface area contributed by atoms with Gasteiger partial charge >= 0.3 is 0 Å². The van der Waals surface area contributed by atoms with Gasteiger partial charge in [0.05, 0.1) is 18.5 Å². The number of rotatable bonds is 7. The molecular weight excluding hydrogens is 422 g/mol. The van der Waals surface area contributed by atoms with Gasteiger partial charge in [0.2, 0.25) is 11.6 Å². The number of benzene rings is 2. The van der Waals surface area contributed by atoms with Gasteiger partial charge in [-0.2, -0.15) is 9.78 Å². The van der Waals surface area contributed by atoms with Crippen LogP contribution < -0.4 is 16.5 Å². The van der Waals surface area contributed by atoms with Crippen LogP contribution in [0.15, 0.2) is 64.3 Å². The standard InChI is InChI=1S/C19H16ClN9O2/c20-14-9-5-4-6-12(14)10-23-25-19(30)16-15(11-22-13-7-2-1-3-8-13)29(28-24-16)18-17(21)26-31-27-18/h1-10,22H,11H2,(H2,21,26)(H,25,30). The number of nitrogens with one attached hydrogen (secondary N) is 2. The average molecular weight is 438 g/mol. The number of carbonyl (C=O) groups is 1. The minimum atomic E-state index is -0.575. The first-order valence-electron chi connectivity index (χ1n) is 9.03. The van der Waals surface area contributed by atoms with Crippen molar-refractivity contribution >= 4 is 35.2 Å². The second kappa shape index (κ2) is 9.05. The number of carbonyl (C=O) groups excluding carboxylic acids is 1. The molecule has 2 aromatic heterocycles. The largest absolute Gasteiger partial charge is 0.379 e. The summed E-state index contributed by atoms with van der Waals surface area (Å²) in [5.74, 6) is -0.444. The number of nitrogens with two attached hydrogens (primary N) is 1. The number of nitrogens with zero attached hydrogens (tertiary/aromatic N) is 6. The van der Waals surface area contributed by atoms with Crippen molar-refractivity contribution in [2.45, 2.75) is 6.54 Å². The Hall–Kier alpha value is -4.25. The van der Waals surface area contributed by atoms with Crippen molar-refractivity contribution in [2.75, 3.05) is 11.1 Å². The maximum absolute atomic E-state index is 12.7. The molecule has 2 heterocycles. The molecule has 0 saturated carbocycles. The van der Waals surface area contributed by atoms with E-state index in [0.717, 1.165) is 5.69 Å². The molecule has 0 fully saturated rings. The van der Waals surface area contributed by atoms with Crippen LogP contribution in [0.4, 0.5) is 11.5 Å². The van der Waals surface area contributed by atoms with E-state index in [4.69, 9.17) is 17.3 Å². The highest BCUT2D eigenvalue weighted by atomic mass is 35.5. The monoisotopic (exact) mass is 437 g/mol. The topological polar surface area (TPSA) is 149 Å². The fourth-order valence-corrected chi connectivity index (χ4v) is 2.86. The Labute approximate surface area is 180 Å². The predicted octanol–water partition coefficient (Wildman–Crippen LogP) is 2.26. The summed E-state index contributed by atoms with van der Waals surface area (Å²) >= 11 is 6.08. The lowest BCUT2D eigenvalue weighted by Gasteiger charge is -2.08. The average Bonchev–Trinajstić information content (AvgIpc) is 3.40. The first-order valence-corrected chi connectivity index (χ1v) is 9.41. The molecule has 0 aliphatic heterocycles. The molecule has 0 aliphatic carbocycles. The maximum Gasteiger partial charge on any atom is 0.293 e. The number of anilines is 2. The van der Waals surface area contributed by atoms with Gasteiger partial charge in [0.1, 0.15) is 0 Å². The minimum Gasteiger partial charge on any atom is -0.379 e. The van der Waals surface area contributed by atoms with E-state index in [1.54, 1.807) is 18.2 Å². The molecule has 4 N–H and O–H groups in total. The zero-order chi connectivity index (χ0) is 21.6. The summed E-state index contributed by atoms with van der Waals surface area (Å²) < 4.78 is 5.93. The van der Waals surface area contributed by atoms with Crippen LogP contribution in [0.3, 0.4) is 0 Å². The molecule has 31 heavy (non-hydrogen) atoms. The third kappa shape index (κ3) is 4.51. The number of aromatic nitrogens is 5. The van der Waals surface area contributed by atoms with Gasteiger partial charge in [0.15, 0.2) is 5.69 Å². The molecule has 0 aliphatic rings. The summed E-state index contributed by atoms with van der Waals surface area (Å²) in [4.78, 5) is 12.7. The van der Waals surface area contributed by atoms with Gasteiger partial charge in [0, 0.05) is 16.3 Å². The van der Waals surface area contributed by atoms with Gasteiger partial charge in [-0.05, 0) is 28.5 Å². The fraction of sp³-hybridized carbons (Fsp3) is 0.0526. The van der Waals surface area contributed by atoms with Crippen LogP contribution in [-0.4, -0.2) is 37.4 Å². The van der Waals surface area contributed by atoms with Crippen LogP contribution >= 0.6 is 11.6 Å². The first-order chi connectivity index (χ1) is 15.1. The normalized spacial score (nSPS) is 11.0. The van der Waals surface area contributed by atoms with Crippen molar-refractivity contribution in [3.05, 3.63) is 76.6 Å². The van der Waals surface area contributed by atoms with Crippen molar-refractivity contribution in [2.24, 2.45) is 5.10 Å². The Balaban J connectivity index is 1.58. The molecule has 4 rings (SSSR count). The van der Waals surface area contributed by atoms with Gasteiger partial charge in [-0.1, -0.05) is 53.2 Å². The lowest BCUT2D eigenvalue weighted by atomic mass is 10.2. The zero-order valence-electron chi connectivity index (χ0n) is 15.9. The summed E-state index contributed by atoms with van der Waals surface area (Å²) in [6.07, 6.45) is 1.44. The first kappa shape index (κ1) is 20.0. The molecule has 0 radical (unpaired) electrons. The van der Waals surface area contributed by atoms with Crippen molar-refractivity contribution in [1.82, 2.24) is 30.7 Å². The van der Waals surface area contributed by atoms with E-state index < -0.39 is 5.91 Å². The summed E-state index contributed by atoms with van der Waals surface area (Å²) in [7, 11) is 0. The zero-order valence-corrected chi connectivity index (χ0v) is 16.7. The van der Waals surface area contributed by atoms with Crippen molar-refractivity contribution in [1.29, 1.82) is 0 Å². The van der Waals surface area contributed by atoms with E-state index in [0.29, 0.717) is 16.3 Å². The Morgan fingerprint density at radius 1 is 1.16 bits per heavy atom. The number of hydrogen-bond donors (Lipinski definition) is 3. The summed E-state index contributed by atoms with van der Waals surface area (Å²) in [5, 5.41) is 22.9. The number of para-hydroxylation sites is 1. The number of nitrogen functional groups attached to an aromatic ring is 1. The van der Waals surface area contributed by atoms with E-state index in [-0.39, 0.29) is 23.9 Å². The molecule has 156 valence electrons. The highest BCUT2D eigenvalue weighted by Gasteiger charge is 2.23. The summed E-state index contributed by atoms with van der Waals surface area (Å²) in [6, 6.07) is 16.5. The smallest absolute Gasteiger partial charge is 0.293 e. The number of hydrogen-bond acceptors (Lipinski definition) is 9. The highest BCUT2D eigenvalue weighted by Crippen LogP contribution is 2.18. The van der Waals surface area contributed by atoms with E-state index in [2.05, 4.69) is 41.1 Å². The van der Waals surface area contributed by atoms with Crippen molar-refractivity contribution in [3.63, 3.8) is 0 Å². The van der Waals surface area contributed by atoms with E-state index in [1.165, 1.54) is 10.9 Å². The predicted molar refractivity (Wildman–Crippen MR) is 114 cm³/mol. The van der Waals surface area contributed by atoms with E-state index in [9.17, 15) is 4.79 Å². The Morgan fingerprint density at radius 3 is 2.68 bits per heavy atom. The van der Waals surface area contributed by atoms with E-state index in [1.807, 2.05) is 36.4 Å². The van der Waals surface area contributed by atoms with Crippen LogP contribution in [0, 0.1) is 0 Å². The van der Waals surface area contributed by atoms with Gasteiger partial charge < -0.3 is 11.1 Å². The SMILES string of the molecule is Nc1nonc1-n1nnc(C(=O)NN=Cc2ccccc2Cl)c1CNc1ccccc1. The van der Waals surface area contributed by atoms with Crippen LogP contribution in [-0.2, 0) is 6.54 Å². The summed E-state index contributed by atoms with van der Waals surface area (Å²) in [6.45, 7) is 0.195. The van der Waals surface area contributed by atoms with Crippen LogP contribution in [0.25, 0.3) is 5.82 Å². The van der Waals surface area contributed by atoms with Crippen LogP contribution in [0.2, 0.25) is 5.02 Å². The van der Waals surface area contributed by atoms with E-state index >= 15 is 0 Å². The molecule has 11 nitrogen and oxygen atoms in total. The molecule has 12 heteroatoms. The third-order valence-corrected chi connectivity index (χ3v) is 4.53. The van der Waals surface area contributed by atoms with Gasteiger partial charge in [-0.25, -0.2) is 10.1 Å². The van der Waals surface area contributed by atoms with Crippen molar-refractivity contribution < 1.29 is 9.42 Å². The minimum absolute atomic E-state index is 0.00885. The van der Waals surface area contributed by atoms with Crippen LogP contribution in [0.1, 0.15) is 21.7 Å². The molecule has 4 aromatic rings. The molecule has 1 amide bonds. The number of halogens is 1. The second-order valence-corrected chi connectivity index (χ2v) is 6.62. The Kier molecular flexibility index (Phi) is 5.85. The van der Waals surface area contributed by atoms with Crippen molar-refractivity contribution in [3.8, 4) is 5.82 Å². The molecule has 0 spiro atoms. The second-order valence-electron chi connectivity index (χ2n) is 6.21. The van der Waals surface area contributed by atoms with Gasteiger partial charge in [-0.15, -0.1) is 5.10 Å². The Morgan fingerprint density at radius 2 is 1.94 bits per heavy atom. The quantitative estimate of drug-likeness (QED) is 0.294. The Bertz CT molecular complexity index is 1220. The lowest BCUT2D eigenvalue weighted by Crippen LogP contribution is -2.21. The molecule has 0 unspecified atom stereocenters. The molecular formula is C19H16ClN9O2. The van der Waals surface area contributed by atoms with Crippen LogP contribution in [0.5, 0.6) is 0 Å². The lowest BCUT2D eigenvalue weighted by molar-refractivity contribution is 0.0949. The maximum atomic E-state index is 12.7. The number of amides is 1. The number of hydrazone groups is 1. The summed E-state index contributed by atoms with van der Waals surface area (Å²) in [5.41, 5.74) is 10.1. The van der Waals surface area contributed by atoms with Gasteiger partial charge in [-0.3, -0.25) is 4.79 Å².